The van der Waals surface area contributed by atoms with Gasteiger partial charge in [0.1, 0.15) is 18.0 Å². The van der Waals surface area contributed by atoms with Gasteiger partial charge >= 0.3 is 5.97 Å². The van der Waals surface area contributed by atoms with Crippen molar-refractivity contribution in [2.24, 2.45) is 11.8 Å². The number of ether oxygens (including phenoxy) is 1. The molecule has 1 heterocycles. The summed E-state index contributed by atoms with van der Waals surface area (Å²) in [6.45, 7) is 7.11. The maximum atomic E-state index is 13.6. The first kappa shape index (κ1) is 33.9. The van der Waals surface area contributed by atoms with Crippen LogP contribution in [0.25, 0.3) is 11.1 Å². The molecule has 3 aromatic carbocycles. The highest BCUT2D eigenvalue weighted by Gasteiger charge is 2.30. The highest BCUT2D eigenvalue weighted by atomic mass is 16.5. The van der Waals surface area contributed by atoms with Crippen LogP contribution in [-0.2, 0) is 38.4 Å². The number of nitrogens with zero attached hydrogens (tertiary/aromatic N) is 1. The maximum Gasteiger partial charge on any atom is 0.309 e. The molecule has 46 heavy (non-hydrogen) atoms. The van der Waals surface area contributed by atoms with E-state index in [1.54, 1.807) is 6.08 Å². The fourth-order valence-electron chi connectivity index (χ4n) is 5.20. The van der Waals surface area contributed by atoms with E-state index in [0.29, 0.717) is 36.3 Å². The van der Waals surface area contributed by atoms with Crippen molar-refractivity contribution in [3.05, 3.63) is 127 Å². The Morgan fingerprint density at radius 2 is 1.35 bits per heavy atom. The van der Waals surface area contributed by atoms with Gasteiger partial charge in [0.25, 0.3) is 0 Å². The number of hydrogen-bond donors (Lipinski definition) is 3. The van der Waals surface area contributed by atoms with E-state index in [1.165, 1.54) is 6.08 Å². The number of nitrogens with one attached hydrogen (secondary N) is 2. The molecule has 4 atom stereocenters. The van der Waals surface area contributed by atoms with Crippen molar-refractivity contribution in [3.8, 4) is 0 Å². The third-order valence-electron chi connectivity index (χ3n) is 7.57. The van der Waals surface area contributed by atoms with Crippen molar-refractivity contribution < 1.29 is 28.6 Å². The number of allylic oxidation sites excluding steroid dienone is 2. The summed E-state index contributed by atoms with van der Waals surface area (Å²) < 4.78 is 11.6. The van der Waals surface area contributed by atoms with Crippen molar-refractivity contribution >= 4 is 28.9 Å². The summed E-state index contributed by atoms with van der Waals surface area (Å²) in [6.07, 6.45) is 4.60. The van der Waals surface area contributed by atoms with Gasteiger partial charge in [-0.05, 0) is 48.9 Å². The smallest absolute Gasteiger partial charge is 0.309 e. The Hall–Kier alpha value is -5.02. The fraction of sp³-hybridized carbons (Fsp3) is 0.297. The number of fused-ring (bicyclic) bond motifs is 1. The minimum Gasteiger partial charge on any atom is -0.463 e. The molecule has 9 heteroatoms. The van der Waals surface area contributed by atoms with Gasteiger partial charge in [-0.2, -0.15) is 0 Å². The summed E-state index contributed by atoms with van der Waals surface area (Å²) in [7, 11) is 0. The molecule has 0 saturated carbocycles. The molecule has 0 fully saturated rings. The van der Waals surface area contributed by atoms with Gasteiger partial charge in [-0.25, -0.2) is 4.98 Å². The zero-order valence-corrected chi connectivity index (χ0v) is 25.8. The Kier molecular flexibility index (Phi) is 12.9. The molecule has 0 bridgehead atoms. The lowest BCUT2D eigenvalue weighted by atomic mass is 9.99. The van der Waals surface area contributed by atoms with E-state index in [4.69, 9.17) is 9.15 Å². The van der Waals surface area contributed by atoms with Crippen LogP contribution in [0.4, 0.5) is 0 Å². The molecule has 4 rings (SSSR count). The van der Waals surface area contributed by atoms with Crippen LogP contribution in [-0.4, -0.2) is 53.2 Å². The predicted molar refractivity (Wildman–Crippen MR) is 177 cm³/mol. The van der Waals surface area contributed by atoms with Gasteiger partial charge in [-0.3, -0.25) is 14.4 Å². The number of para-hydroxylation sites is 2. The highest BCUT2D eigenvalue weighted by molar-refractivity contribution is 6.00. The average Bonchev–Trinajstić information content (AvgIpc) is 3.48. The normalized spacial score (nSPS) is 13.6. The monoisotopic (exact) mass is 623 g/mol. The van der Waals surface area contributed by atoms with Crippen LogP contribution in [0.1, 0.15) is 29.9 Å². The SMILES string of the molecule is C=CCC(C(=O)N[C@H](COC(=O)[C@H](CC=C)Cc1nc2ccccc2o1)Cc1ccccc1)C(=O)N[C@@H](CO)Cc1ccccc1. The molecular formula is C37H41N3O6. The summed E-state index contributed by atoms with van der Waals surface area (Å²) in [5, 5.41) is 15.7. The third-order valence-corrected chi connectivity index (χ3v) is 7.57. The summed E-state index contributed by atoms with van der Waals surface area (Å²) in [6, 6.07) is 25.1. The minimum absolute atomic E-state index is 0.0882. The quantitative estimate of drug-likeness (QED) is 0.0829. The largest absolute Gasteiger partial charge is 0.463 e. The summed E-state index contributed by atoms with van der Waals surface area (Å²) >= 11 is 0. The molecule has 0 aliphatic heterocycles. The lowest BCUT2D eigenvalue weighted by Crippen LogP contribution is -2.50. The molecule has 4 aromatic rings. The van der Waals surface area contributed by atoms with Gasteiger partial charge < -0.3 is 24.9 Å². The second kappa shape index (κ2) is 17.5. The van der Waals surface area contributed by atoms with Crippen molar-refractivity contribution in [1.29, 1.82) is 0 Å². The first-order chi connectivity index (χ1) is 22.4. The standard InChI is InChI=1S/C37H41N3O6/c1-3-13-28(23-34-40-32-19-11-12-20-33(32)46-34)37(44)45-25-30(22-27-17-9-6-10-18-27)39-36(43)31(14-4-2)35(42)38-29(24-41)21-26-15-7-5-8-16-26/h3-12,15-20,28-31,41H,1-2,13-14,21-25H2,(H,38,42)(H,39,43)/t28-,29-,30+,31?/m1/s1. The molecular weight excluding hydrogens is 582 g/mol. The van der Waals surface area contributed by atoms with Gasteiger partial charge in [0.15, 0.2) is 11.5 Å². The minimum atomic E-state index is -1.09. The molecule has 1 unspecified atom stereocenters. The second-order valence-electron chi connectivity index (χ2n) is 11.2. The number of amides is 2. The van der Waals surface area contributed by atoms with E-state index in [9.17, 15) is 19.5 Å². The summed E-state index contributed by atoms with van der Waals surface area (Å²) in [5.74, 6) is -2.78. The molecule has 9 nitrogen and oxygen atoms in total. The van der Waals surface area contributed by atoms with Crippen molar-refractivity contribution in [2.75, 3.05) is 13.2 Å². The van der Waals surface area contributed by atoms with Crippen LogP contribution < -0.4 is 10.6 Å². The number of benzene rings is 3. The zero-order valence-electron chi connectivity index (χ0n) is 25.8. The molecule has 0 aliphatic carbocycles. The Labute approximate surface area is 269 Å². The molecule has 1 aromatic heterocycles. The van der Waals surface area contributed by atoms with E-state index in [2.05, 4.69) is 28.8 Å². The molecule has 0 spiro atoms. The Bertz CT molecular complexity index is 1550. The molecule has 0 saturated heterocycles. The number of esters is 1. The van der Waals surface area contributed by atoms with Crippen LogP contribution in [0.3, 0.4) is 0 Å². The number of aliphatic hydroxyl groups excluding tert-OH is 1. The second-order valence-corrected chi connectivity index (χ2v) is 11.2. The lowest BCUT2D eigenvalue weighted by Gasteiger charge is -2.24. The van der Waals surface area contributed by atoms with Crippen LogP contribution >= 0.6 is 0 Å². The van der Waals surface area contributed by atoms with Gasteiger partial charge in [-0.15, -0.1) is 13.2 Å². The van der Waals surface area contributed by atoms with Crippen molar-refractivity contribution in [2.45, 2.75) is 44.2 Å². The number of carbonyl (C=O) groups is 3. The number of rotatable bonds is 18. The van der Waals surface area contributed by atoms with E-state index in [1.807, 2.05) is 84.9 Å². The first-order valence-corrected chi connectivity index (χ1v) is 15.4. The molecule has 3 N–H and O–H groups in total. The lowest BCUT2D eigenvalue weighted by molar-refractivity contribution is -0.150. The first-order valence-electron chi connectivity index (χ1n) is 15.4. The van der Waals surface area contributed by atoms with Gasteiger partial charge in [0.2, 0.25) is 11.8 Å². The molecule has 0 radical (unpaired) electrons. The Balaban J connectivity index is 1.43. The maximum absolute atomic E-state index is 13.6. The zero-order chi connectivity index (χ0) is 32.7. The van der Waals surface area contributed by atoms with Gasteiger partial charge in [0.05, 0.1) is 24.6 Å². The van der Waals surface area contributed by atoms with E-state index < -0.39 is 41.7 Å². The van der Waals surface area contributed by atoms with Crippen LogP contribution in [0, 0.1) is 11.8 Å². The van der Waals surface area contributed by atoms with Crippen LogP contribution in [0.15, 0.2) is 115 Å². The molecule has 240 valence electrons. The van der Waals surface area contributed by atoms with Crippen molar-refractivity contribution in [3.63, 3.8) is 0 Å². The Morgan fingerprint density at radius 1 is 0.783 bits per heavy atom. The van der Waals surface area contributed by atoms with Gasteiger partial charge in [0, 0.05) is 6.42 Å². The number of hydrogen-bond acceptors (Lipinski definition) is 7. The van der Waals surface area contributed by atoms with Gasteiger partial charge in [-0.1, -0.05) is 84.9 Å². The van der Waals surface area contributed by atoms with E-state index >= 15 is 0 Å². The average molecular weight is 624 g/mol. The third kappa shape index (κ3) is 10.0. The van der Waals surface area contributed by atoms with E-state index in [-0.39, 0.29) is 26.1 Å². The fourth-order valence-corrected chi connectivity index (χ4v) is 5.20. The summed E-state index contributed by atoms with van der Waals surface area (Å²) in [5.41, 5.74) is 3.21. The van der Waals surface area contributed by atoms with Crippen LogP contribution in [0.2, 0.25) is 0 Å². The number of aromatic nitrogens is 1. The topological polar surface area (TPSA) is 131 Å². The number of aliphatic hydroxyl groups is 1. The molecule has 0 aliphatic rings. The van der Waals surface area contributed by atoms with E-state index in [0.717, 1.165) is 11.1 Å². The molecule has 2 amide bonds. The number of carbonyl (C=O) groups excluding carboxylic acids is 3. The van der Waals surface area contributed by atoms with Crippen LogP contribution in [0.5, 0.6) is 0 Å². The highest BCUT2D eigenvalue weighted by Crippen LogP contribution is 2.20. The number of oxazole rings is 1. The van der Waals surface area contributed by atoms with Crippen molar-refractivity contribution in [1.82, 2.24) is 15.6 Å². The predicted octanol–water partition coefficient (Wildman–Crippen LogP) is 4.75. The summed E-state index contributed by atoms with van der Waals surface area (Å²) in [4.78, 5) is 44.6. The Morgan fingerprint density at radius 3 is 1.93 bits per heavy atom.